The molecule has 1 amide bonds. The van der Waals surface area contributed by atoms with Gasteiger partial charge in [0.25, 0.3) is 0 Å². The van der Waals surface area contributed by atoms with Crippen molar-refractivity contribution in [3.8, 4) is 5.75 Å². The van der Waals surface area contributed by atoms with E-state index in [-0.39, 0.29) is 24.1 Å². The molecular formula is C18H28N2O4S. The summed E-state index contributed by atoms with van der Waals surface area (Å²) in [7, 11) is -3.23. The normalized spacial score (nSPS) is 18.8. The molecule has 0 aliphatic carbocycles. The second-order valence-electron chi connectivity index (χ2n) is 6.56. The quantitative estimate of drug-likeness (QED) is 0.746. The predicted molar refractivity (Wildman–Crippen MR) is 98.2 cm³/mol. The fraction of sp³-hybridized carbons (Fsp3) is 0.611. The van der Waals surface area contributed by atoms with Gasteiger partial charge in [-0.05, 0) is 56.9 Å². The summed E-state index contributed by atoms with van der Waals surface area (Å²) in [5.74, 6) is 0.492. The Kier molecular flexibility index (Phi) is 6.84. The van der Waals surface area contributed by atoms with Crippen LogP contribution < -0.4 is 10.1 Å². The van der Waals surface area contributed by atoms with Crippen LogP contribution >= 0.6 is 0 Å². The number of ether oxygens (including phenoxy) is 1. The Hall–Kier alpha value is -1.60. The van der Waals surface area contributed by atoms with Crippen LogP contribution in [0.2, 0.25) is 0 Å². The molecule has 1 fully saturated rings. The molecule has 0 bridgehead atoms. The number of carbonyl (C=O) groups excluding carboxylic acids is 1. The summed E-state index contributed by atoms with van der Waals surface area (Å²) in [6.45, 7) is 7.24. The SMILES string of the molecule is CCS(=O)(=O)N1CCCC(C(=O)NCCOc2cc(C)cc(C)c2)C1. The van der Waals surface area contributed by atoms with Crippen molar-refractivity contribution in [3.05, 3.63) is 29.3 Å². The summed E-state index contributed by atoms with van der Waals surface area (Å²) in [6, 6.07) is 6.00. The van der Waals surface area contributed by atoms with E-state index in [1.807, 2.05) is 26.0 Å². The lowest BCUT2D eigenvalue weighted by Crippen LogP contribution is -2.46. The van der Waals surface area contributed by atoms with Crippen LogP contribution in [0.1, 0.15) is 30.9 Å². The molecule has 0 spiro atoms. The lowest BCUT2D eigenvalue weighted by atomic mass is 9.99. The lowest BCUT2D eigenvalue weighted by molar-refractivity contribution is -0.126. The number of nitrogens with zero attached hydrogens (tertiary/aromatic N) is 1. The number of carbonyl (C=O) groups is 1. The van der Waals surface area contributed by atoms with Crippen LogP contribution in [0, 0.1) is 19.8 Å². The van der Waals surface area contributed by atoms with Gasteiger partial charge in [0.1, 0.15) is 12.4 Å². The molecule has 1 aromatic rings. The molecule has 140 valence electrons. The third kappa shape index (κ3) is 5.71. The van der Waals surface area contributed by atoms with E-state index in [4.69, 9.17) is 4.74 Å². The van der Waals surface area contributed by atoms with Crippen LogP contribution in [0.5, 0.6) is 5.75 Å². The number of rotatable bonds is 7. The number of hydrogen-bond donors (Lipinski definition) is 1. The van der Waals surface area contributed by atoms with E-state index in [0.717, 1.165) is 29.7 Å². The summed E-state index contributed by atoms with van der Waals surface area (Å²) in [4.78, 5) is 12.3. The smallest absolute Gasteiger partial charge is 0.224 e. The molecule has 1 aromatic carbocycles. The van der Waals surface area contributed by atoms with Gasteiger partial charge >= 0.3 is 0 Å². The zero-order valence-corrected chi connectivity index (χ0v) is 16.1. The first kappa shape index (κ1) is 19.7. The molecule has 1 unspecified atom stereocenters. The molecule has 25 heavy (non-hydrogen) atoms. The number of aryl methyl sites for hydroxylation is 2. The molecule has 6 nitrogen and oxygen atoms in total. The fourth-order valence-corrected chi connectivity index (χ4v) is 4.27. The molecule has 0 aromatic heterocycles. The molecule has 1 saturated heterocycles. The van der Waals surface area contributed by atoms with Gasteiger partial charge in [0.2, 0.25) is 15.9 Å². The fourth-order valence-electron chi connectivity index (χ4n) is 3.10. The Morgan fingerprint density at radius 2 is 1.96 bits per heavy atom. The zero-order valence-electron chi connectivity index (χ0n) is 15.2. The van der Waals surface area contributed by atoms with Crippen molar-refractivity contribution in [1.82, 2.24) is 9.62 Å². The van der Waals surface area contributed by atoms with E-state index in [9.17, 15) is 13.2 Å². The van der Waals surface area contributed by atoms with Crippen LogP contribution in [-0.4, -0.2) is 50.6 Å². The van der Waals surface area contributed by atoms with Gasteiger partial charge in [-0.25, -0.2) is 12.7 Å². The van der Waals surface area contributed by atoms with Crippen molar-refractivity contribution in [2.75, 3.05) is 32.0 Å². The monoisotopic (exact) mass is 368 g/mol. The minimum atomic E-state index is -3.23. The van der Waals surface area contributed by atoms with Crippen LogP contribution in [-0.2, 0) is 14.8 Å². The second-order valence-corrected chi connectivity index (χ2v) is 8.82. The highest BCUT2D eigenvalue weighted by Crippen LogP contribution is 2.20. The first-order chi connectivity index (χ1) is 11.8. The maximum absolute atomic E-state index is 12.3. The zero-order chi connectivity index (χ0) is 18.4. The Balaban J connectivity index is 1.78. The molecule has 1 atom stereocenters. The molecule has 0 radical (unpaired) electrons. The van der Waals surface area contributed by atoms with Crippen molar-refractivity contribution in [2.24, 2.45) is 5.92 Å². The van der Waals surface area contributed by atoms with Gasteiger partial charge < -0.3 is 10.1 Å². The van der Waals surface area contributed by atoms with Gasteiger partial charge in [-0.1, -0.05) is 6.07 Å². The second kappa shape index (κ2) is 8.67. The number of nitrogens with one attached hydrogen (secondary N) is 1. The van der Waals surface area contributed by atoms with E-state index in [2.05, 4.69) is 11.4 Å². The number of benzene rings is 1. The van der Waals surface area contributed by atoms with E-state index in [1.165, 1.54) is 4.31 Å². The van der Waals surface area contributed by atoms with Gasteiger partial charge in [0.05, 0.1) is 18.2 Å². The summed E-state index contributed by atoms with van der Waals surface area (Å²) < 4.78 is 31.1. The molecule has 0 saturated carbocycles. The summed E-state index contributed by atoms with van der Waals surface area (Å²) in [6.07, 6.45) is 1.44. The number of hydrogen-bond acceptors (Lipinski definition) is 4. The molecule has 1 aliphatic heterocycles. The molecule has 1 heterocycles. The van der Waals surface area contributed by atoms with Crippen LogP contribution in [0.3, 0.4) is 0 Å². The van der Waals surface area contributed by atoms with E-state index in [1.54, 1.807) is 6.92 Å². The Labute approximate surface area is 150 Å². The highest BCUT2D eigenvalue weighted by molar-refractivity contribution is 7.89. The van der Waals surface area contributed by atoms with Gasteiger partial charge in [-0.3, -0.25) is 4.79 Å². The largest absolute Gasteiger partial charge is 0.492 e. The maximum Gasteiger partial charge on any atom is 0.224 e. The van der Waals surface area contributed by atoms with E-state index in [0.29, 0.717) is 19.7 Å². The minimum Gasteiger partial charge on any atom is -0.492 e. The van der Waals surface area contributed by atoms with E-state index < -0.39 is 10.0 Å². The van der Waals surface area contributed by atoms with Gasteiger partial charge in [-0.15, -0.1) is 0 Å². The first-order valence-corrected chi connectivity index (χ1v) is 10.4. The van der Waals surface area contributed by atoms with Crippen LogP contribution in [0.25, 0.3) is 0 Å². The third-order valence-corrected chi connectivity index (χ3v) is 6.23. The number of sulfonamides is 1. The highest BCUT2D eigenvalue weighted by atomic mass is 32.2. The van der Waals surface area contributed by atoms with Crippen LogP contribution in [0.15, 0.2) is 18.2 Å². The van der Waals surface area contributed by atoms with Gasteiger partial charge in [0.15, 0.2) is 0 Å². The summed E-state index contributed by atoms with van der Waals surface area (Å²) in [5.41, 5.74) is 2.27. The molecule has 1 aliphatic rings. The van der Waals surface area contributed by atoms with Crippen molar-refractivity contribution < 1.29 is 17.9 Å². The topological polar surface area (TPSA) is 75.7 Å². The van der Waals surface area contributed by atoms with Gasteiger partial charge in [0, 0.05) is 13.1 Å². The maximum atomic E-state index is 12.3. The summed E-state index contributed by atoms with van der Waals surface area (Å²) in [5, 5.41) is 2.86. The molecule has 7 heteroatoms. The Morgan fingerprint density at radius 1 is 1.28 bits per heavy atom. The predicted octanol–water partition coefficient (Wildman–Crippen LogP) is 1.86. The average Bonchev–Trinajstić information content (AvgIpc) is 2.58. The number of amides is 1. The van der Waals surface area contributed by atoms with E-state index >= 15 is 0 Å². The van der Waals surface area contributed by atoms with Crippen molar-refractivity contribution >= 4 is 15.9 Å². The van der Waals surface area contributed by atoms with Crippen molar-refractivity contribution in [1.29, 1.82) is 0 Å². The summed E-state index contributed by atoms with van der Waals surface area (Å²) >= 11 is 0. The Morgan fingerprint density at radius 3 is 2.60 bits per heavy atom. The average molecular weight is 368 g/mol. The standard InChI is InChI=1S/C18H28N2O4S/c1-4-25(22,23)20-8-5-6-16(13-20)18(21)19-7-9-24-17-11-14(2)10-15(3)12-17/h10-12,16H,4-9,13H2,1-3H3,(H,19,21). The molecule has 2 rings (SSSR count). The minimum absolute atomic E-state index is 0.0745. The number of piperidine rings is 1. The van der Waals surface area contributed by atoms with Gasteiger partial charge in [-0.2, -0.15) is 0 Å². The van der Waals surface area contributed by atoms with Crippen LogP contribution in [0.4, 0.5) is 0 Å². The first-order valence-electron chi connectivity index (χ1n) is 8.78. The van der Waals surface area contributed by atoms with Crippen molar-refractivity contribution in [2.45, 2.75) is 33.6 Å². The van der Waals surface area contributed by atoms with Crippen molar-refractivity contribution in [3.63, 3.8) is 0 Å². The highest BCUT2D eigenvalue weighted by Gasteiger charge is 2.31. The third-order valence-electron chi connectivity index (χ3n) is 4.38. The molecular weight excluding hydrogens is 340 g/mol. The molecule has 1 N–H and O–H groups in total. The lowest BCUT2D eigenvalue weighted by Gasteiger charge is -2.30. The Bertz CT molecular complexity index is 683.